The van der Waals surface area contributed by atoms with Gasteiger partial charge >= 0.3 is 0 Å². The first-order chi connectivity index (χ1) is 18.0. The fourth-order valence-electron chi connectivity index (χ4n) is 5.99. The molecule has 0 radical (unpaired) electrons. The Morgan fingerprint density at radius 2 is 1.95 bits per heavy atom. The Labute approximate surface area is 213 Å². The van der Waals surface area contributed by atoms with Gasteiger partial charge in [0.05, 0.1) is 17.5 Å². The minimum absolute atomic E-state index is 0.0225. The monoisotopic (exact) mass is 537 g/mol. The van der Waals surface area contributed by atoms with Crippen molar-refractivity contribution < 1.29 is 36.3 Å². The lowest BCUT2D eigenvalue weighted by molar-refractivity contribution is -0.179. The van der Waals surface area contributed by atoms with Gasteiger partial charge in [-0.05, 0) is 38.2 Å². The van der Waals surface area contributed by atoms with Crippen LogP contribution in [0.3, 0.4) is 0 Å². The molecule has 5 atom stereocenters. The van der Waals surface area contributed by atoms with Gasteiger partial charge in [0.15, 0.2) is 11.6 Å². The van der Waals surface area contributed by atoms with Crippen LogP contribution in [0.2, 0.25) is 0 Å². The van der Waals surface area contributed by atoms with E-state index >= 15 is 0 Å². The Hall–Kier alpha value is -3.69. The third-order valence-corrected chi connectivity index (χ3v) is 7.82. The van der Waals surface area contributed by atoms with Crippen LogP contribution in [0.15, 0.2) is 12.1 Å². The molecule has 3 N–H and O–H groups in total. The maximum Gasteiger partial charge on any atom is 0.271 e. The summed E-state index contributed by atoms with van der Waals surface area (Å²) >= 11 is 0. The smallest absolute Gasteiger partial charge is 0.271 e. The lowest BCUT2D eigenvalue weighted by Crippen LogP contribution is -2.68. The van der Waals surface area contributed by atoms with E-state index in [0.29, 0.717) is 25.5 Å². The molecule has 0 spiro atoms. The molecule has 2 bridgehead atoms. The zero-order chi connectivity index (χ0) is 27.4. The van der Waals surface area contributed by atoms with Gasteiger partial charge in [-0.2, -0.15) is 5.26 Å². The second kappa shape index (κ2) is 9.56. The van der Waals surface area contributed by atoms with E-state index in [4.69, 9.17) is 0 Å². The summed E-state index contributed by atoms with van der Waals surface area (Å²) in [5.41, 5.74) is -0.998. The average Bonchev–Trinajstić information content (AvgIpc) is 3.33. The summed E-state index contributed by atoms with van der Waals surface area (Å²) in [7, 11) is 0. The van der Waals surface area contributed by atoms with Crippen LogP contribution in [-0.4, -0.2) is 58.2 Å². The van der Waals surface area contributed by atoms with Crippen LogP contribution in [0.25, 0.3) is 10.9 Å². The van der Waals surface area contributed by atoms with Crippen molar-refractivity contribution in [1.29, 1.82) is 5.26 Å². The molecule has 4 fully saturated rings. The van der Waals surface area contributed by atoms with Crippen LogP contribution < -0.4 is 10.6 Å². The Balaban J connectivity index is 1.44. The predicted molar refractivity (Wildman–Crippen MR) is 122 cm³/mol. The number of halogens is 5. The van der Waals surface area contributed by atoms with E-state index in [1.165, 1.54) is 0 Å². The topological polar surface area (TPSA) is 118 Å². The number of nitriles is 1. The third kappa shape index (κ3) is 4.35. The SMILES string of the molecule is N#C[C@H](C[C@@H]1CCCNC1=O)NC(=O)[C@H]1[C@H]2CC[C@H](CC2(F)F)N1C(=O)c1cc2c(F)cc(F)c(F)c2[nH]1. The van der Waals surface area contributed by atoms with Gasteiger partial charge < -0.3 is 20.5 Å². The molecule has 1 aliphatic carbocycles. The number of amides is 3. The average molecular weight is 537 g/mol. The van der Waals surface area contributed by atoms with Gasteiger partial charge in [0.25, 0.3) is 11.8 Å². The van der Waals surface area contributed by atoms with Crippen molar-refractivity contribution in [3.05, 3.63) is 35.3 Å². The Bertz CT molecular complexity index is 1360. The van der Waals surface area contributed by atoms with Crippen LogP contribution in [0.4, 0.5) is 22.0 Å². The Morgan fingerprint density at radius 1 is 1.18 bits per heavy atom. The number of carbonyl (C=O) groups excluding carboxylic acids is 3. The molecule has 13 heteroatoms. The minimum atomic E-state index is -3.27. The molecule has 4 aliphatic rings. The third-order valence-electron chi connectivity index (χ3n) is 7.82. The Morgan fingerprint density at radius 3 is 2.63 bits per heavy atom. The largest absolute Gasteiger partial charge is 0.356 e. The van der Waals surface area contributed by atoms with E-state index in [-0.39, 0.29) is 25.2 Å². The molecule has 3 amide bonds. The van der Waals surface area contributed by atoms with E-state index in [2.05, 4.69) is 15.6 Å². The van der Waals surface area contributed by atoms with Crippen LogP contribution in [0.1, 0.15) is 49.0 Å². The number of benzene rings is 1. The van der Waals surface area contributed by atoms with Crippen molar-refractivity contribution in [2.24, 2.45) is 11.8 Å². The van der Waals surface area contributed by atoms with Crippen molar-refractivity contribution in [1.82, 2.24) is 20.5 Å². The molecular formula is C25H24F5N5O3. The van der Waals surface area contributed by atoms with Crippen LogP contribution in [0, 0.1) is 40.6 Å². The van der Waals surface area contributed by atoms with E-state index in [0.717, 1.165) is 11.0 Å². The van der Waals surface area contributed by atoms with Crippen LogP contribution in [-0.2, 0) is 9.59 Å². The number of carbonyl (C=O) groups is 3. The van der Waals surface area contributed by atoms with Gasteiger partial charge in [-0.15, -0.1) is 0 Å². The highest BCUT2D eigenvalue weighted by atomic mass is 19.3. The van der Waals surface area contributed by atoms with Crippen molar-refractivity contribution in [2.75, 3.05) is 6.54 Å². The van der Waals surface area contributed by atoms with Crippen molar-refractivity contribution in [3.8, 4) is 6.07 Å². The molecule has 6 rings (SSSR count). The van der Waals surface area contributed by atoms with E-state index < -0.39 is 88.2 Å². The zero-order valence-electron chi connectivity index (χ0n) is 20.0. The van der Waals surface area contributed by atoms with Gasteiger partial charge in [0.2, 0.25) is 11.8 Å². The van der Waals surface area contributed by atoms with Gasteiger partial charge in [-0.3, -0.25) is 14.4 Å². The predicted octanol–water partition coefficient (Wildman–Crippen LogP) is 3.14. The molecule has 38 heavy (non-hydrogen) atoms. The fourth-order valence-corrected chi connectivity index (χ4v) is 5.99. The quantitative estimate of drug-likeness (QED) is 0.401. The summed E-state index contributed by atoms with van der Waals surface area (Å²) in [6, 6.07) is -0.723. The van der Waals surface area contributed by atoms with Crippen molar-refractivity contribution >= 4 is 28.6 Å². The van der Waals surface area contributed by atoms with E-state index in [1.54, 1.807) is 0 Å². The lowest BCUT2D eigenvalue weighted by Gasteiger charge is -2.53. The molecule has 1 aromatic heterocycles. The van der Waals surface area contributed by atoms with Gasteiger partial charge in [0.1, 0.15) is 23.6 Å². The molecule has 1 aromatic carbocycles. The number of nitrogens with one attached hydrogen (secondary N) is 3. The Kier molecular flexibility index (Phi) is 6.53. The highest BCUT2D eigenvalue weighted by Crippen LogP contribution is 2.49. The van der Waals surface area contributed by atoms with Crippen LogP contribution in [0.5, 0.6) is 0 Å². The van der Waals surface area contributed by atoms with Crippen LogP contribution >= 0.6 is 0 Å². The summed E-state index contributed by atoms with van der Waals surface area (Å²) in [4.78, 5) is 42.3. The molecule has 3 saturated heterocycles. The van der Waals surface area contributed by atoms with Gasteiger partial charge in [-0.1, -0.05) is 0 Å². The first kappa shape index (κ1) is 25.9. The number of fused-ring (bicyclic) bond motifs is 4. The number of alkyl halides is 2. The normalized spacial score (nSPS) is 27.1. The highest BCUT2D eigenvalue weighted by molar-refractivity contribution is 6.01. The molecule has 4 heterocycles. The number of piperidine rings is 3. The van der Waals surface area contributed by atoms with Crippen molar-refractivity contribution in [2.45, 2.75) is 62.6 Å². The van der Waals surface area contributed by atoms with E-state index in [9.17, 15) is 41.6 Å². The molecule has 3 aliphatic heterocycles. The molecule has 202 valence electrons. The maximum atomic E-state index is 14.9. The molecular weight excluding hydrogens is 513 g/mol. The standard InChI is InChI=1S/C25H24F5N5O3/c26-16-8-17(27)19(28)20-14(16)7-18(34-20)24(38)35-13-3-4-15(25(29,30)9-13)21(35)23(37)33-12(10-31)6-11-2-1-5-32-22(11)36/h7-8,11-13,15,21,34H,1-6,9H2,(H,32,36)(H,33,37)/t11-,12-,13+,15+,21+/m0/s1. The number of H-pyrrole nitrogens is 1. The fraction of sp³-hybridized carbons (Fsp3) is 0.520. The first-order valence-electron chi connectivity index (χ1n) is 12.4. The number of hydrogen-bond donors (Lipinski definition) is 3. The first-order valence-corrected chi connectivity index (χ1v) is 12.4. The number of aromatic amines is 1. The molecule has 0 unspecified atom stereocenters. The number of rotatable bonds is 5. The second-order valence-electron chi connectivity index (χ2n) is 10.1. The summed E-state index contributed by atoms with van der Waals surface area (Å²) < 4.78 is 72.0. The summed E-state index contributed by atoms with van der Waals surface area (Å²) in [6.07, 6.45) is 0.601. The summed E-state index contributed by atoms with van der Waals surface area (Å²) in [5.74, 6) is -11.6. The number of hydrogen-bond acceptors (Lipinski definition) is 4. The summed E-state index contributed by atoms with van der Waals surface area (Å²) in [6.45, 7) is 0.504. The second-order valence-corrected chi connectivity index (χ2v) is 10.1. The van der Waals surface area contributed by atoms with Crippen molar-refractivity contribution in [3.63, 3.8) is 0 Å². The number of nitrogens with zero attached hydrogens (tertiary/aromatic N) is 2. The molecule has 8 nitrogen and oxygen atoms in total. The van der Waals surface area contributed by atoms with Gasteiger partial charge in [0, 0.05) is 36.4 Å². The molecule has 2 aromatic rings. The maximum absolute atomic E-state index is 14.9. The highest BCUT2D eigenvalue weighted by Gasteiger charge is 2.60. The number of aromatic nitrogens is 1. The minimum Gasteiger partial charge on any atom is -0.356 e. The lowest BCUT2D eigenvalue weighted by atomic mass is 9.71. The zero-order valence-corrected chi connectivity index (χ0v) is 20.0. The van der Waals surface area contributed by atoms with Gasteiger partial charge in [-0.25, -0.2) is 22.0 Å². The molecule has 1 saturated carbocycles. The van der Waals surface area contributed by atoms with E-state index in [1.807, 2.05) is 6.07 Å². The summed E-state index contributed by atoms with van der Waals surface area (Å²) in [5, 5.41) is 14.3.